The zero-order chi connectivity index (χ0) is 13.9. The zero-order valence-electron chi connectivity index (χ0n) is 11.7. The van der Waals surface area contributed by atoms with Crippen molar-refractivity contribution >= 4 is 11.9 Å². The quantitative estimate of drug-likeness (QED) is 0.876. The zero-order valence-corrected chi connectivity index (χ0v) is 11.7. The number of anilines is 1. The number of carbonyl (C=O) groups is 1. The normalized spacial score (nSPS) is 14.9. The van der Waals surface area contributed by atoms with E-state index in [-0.39, 0.29) is 0 Å². The molecule has 0 unspecified atom stereocenters. The highest BCUT2D eigenvalue weighted by Crippen LogP contribution is 2.23. The van der Waals surface area contributed by atoms with Crippen LogP contribution in [0.15, 0.2) is 18.3 Å². The number of pyridine rings is 1. The Labute approximate surface area is 113 Å². The molecule has 1 heterocycles. The van der Waals surface area contributed by atoms with Crippen LogP contribution in [0.1, 0.15) is 39.2 Å². The van der Waals surface area contributed by atoms with Crippen molar-refractivity contribution in [2.75, 3.05) is 5.32 Å². The van der Waals surface area contributed by atoms with Crippen LogP contribution in [0.25, 0.3) is 0 Å². The maximum atomic E-state index is 11.5. The highest BCUT2D eigenvalue weighted by atomic mass is 16.6. The number of alkyl carbamates (subject to hydrolysis) is 1. The maximum Gasteiger partial charge on any atom is 0.407 e. The van der Waals surface area contributed by atoms with Crippen molar-refractivity contribution in [1.82, 2.24) is 10.3 Å². The van der Waals surface area contributed by atoms with Crippen molar-refractivity contribution in [3.63, 3.8) is 0 Å². The Morgan fingerprint density at radius 2 is 2.16 bits per heavy atom. The fourth-order valence-corrected chi connectivity index (χ4v) is 1.54. The van der Waals surface area contributed by atoms with Crippen molar-refractivity contribution in [3.05, 3.63) is 23.9 Å². The van der Waals surface area contributed by atoms with Gasteiger partial charge in [-0.25, -0.2) is 9.78 Å². The van der Waals surface area contributed by atoms with Gasteiger partial charge in [0, 0.05) is 18.8 Å². The van der Waals surface area contributed by atoms with Gasteiger partial charge in [-0.3, -0.25) is 0 Å². The number of carbonyl (C=O) groups excluding carboxylic acids is 1. The molecule has 0 aromatic carbocycles. The molecule has 104 valence electrons. The number of hydrogen-bond acceptors (Lipinski definition) is 4. The fraction of sp³-hybridized carbons (Fsp3) is 0.571. The molecule has 1 fully saturated rings. The van der Waals surface area contributed by atoms with E-state index in [1.54, 1.807) is 6.20 Å². The molecule has 5 nitrogen and oxygen atoms in total. The van der Waals surface area contributed by atoms with Crippen LogP contribution in [-0.4, -0.2) is 22.7 Å². The third kappa shape index (κ3) is 5.16. The summed E-state index contributed by atoms with van der Waals surface area (Å²) in [4.78, 5) is 15.8. The highest BCUT2D eigenvalue weighted by Gasteiger charge is 2.21. The minimum absolute atomic E-state index is 0.410. The first-order chi connectivity index (χ1) is 8.92. The minimum Gasteiger partial charge on any atom is -0.444 e. The monoisotopic (exact) mass is 263 g/mol. The second-order valence-electron chi connectivity index (χ2n) is 5.83. The molecule has 0 bridgehead atoms. The van der Waals surface area contributed by atoms with E-state index in [9.17, 15) is 4.79 Å². The molecule has 19 heavy (non-hydrogen) atoms. The molecular formula is C14H21N3O2. The van der Waals surface area contributed by atoms with E-state index in [1.165, 1.54) is 12.8 Å². The Morgan fingerprint density at radius 3 is 2.68 bits per heavy atom. The average molecular weight is 263 g/mol. The highest BCUT2D eigenvalue weighted by molar-refractivity contribution is 5.67. The van der Waals surface area contributed by atoms with Crippen LogP contribution in [-0.2, 0) is 11.3 Å². The number of aromatic nitrogens is 1. The minimum atomic E-state index is -0.472. The first kappa shape index (κ1) is 13.6. The third-order valence-electron chi connectivity index (χ3n) is 2.59. The van der Waals surface area contributed by atoms with Crippen molar-refractivity contribution in [2.24, 2.45) is 0 Å². The van der Waals surface area contributed by atoms with E-state index < -0.39 is 11.7 Å². The Kier molecular flexibility index (Phi) is 3.93. The molecule has 1 saturated carbocycles. The molecule has 1 aliphatic rings. The summed E-state index contributed by atoms with van der Waals surface area (Å²) >= 11 is 0. The van der Waals surface area contributed by atoms with Crippen LogP contribution in [0.5, 0.6) is 0 Å². The topological polar surface area (TPSA) is 63.2 Å². The smallest absolute Gasteiger partial charge is 0.407 e. The summed E-state index contributed by atoms with van der Waals surface area (Å²) in [6, 6.07) is 4.48. The van der Waals surface area contributed by atoms with Crippen LogP contribution in [0, 0.1) is 0 Å². The molecule has 2 rings (SSSR count). The molecule has 0 spiro atoms. The fourth-order valence-electron chi connectivity index (χ4n) is 1.54. The van der Waals surface area contributed by atoms with Crippen LogP contribution < -0.4 is 10.6 Å². The number of nitrogens with zero attached hydrogens (tertiary/aromatic N) is 1. The lowest BCUT2D eigenvalue weighted by Gasteiger charge is -2.19. The summed E-state index contributed by atoms with van der Waals surface area (Å²) in [5.74, 6) is 0.892. The van der Waals surface area contributed by atoms with Gasteiger partial charge in [0.1, 0.15) is 11.4 Å². The largest absolute Gasteiger partial charge is 0.444 e. The van der Waals surface area contributed by atoms with Gasteiger partial charge in [-0.15, -0.1) is 0 Å². The van der Waals surface area contributed by atoms with Gasteiger partial charge >= 0.3 is 6.09 Å². The summed E-state index contributed by atoms with van der Waals surface area (Å²) in [7, 11) is 0. The molecule has 2 N–H and O–H groups in total. The van der Waals surface area contributed by atoms with Crippen LogP contribution in [0.2, 0.25) is 0 Å². The van der Waals surface area contributed by atoms with Crippen LogP contribution >= 0.6 is 0 Å². The molecule has 5 heteroatoms. The Balaban J connectivity index is 1.77. The SMILES string of the molecule is CC(C)(C)OC(=O)NCc1ccc(NC2CC2)nc1. The summed E-state index contributed by atoms with van der Waals surface area (Å²) < 4.78 is 5.16. The lowest BCUT2D eigenvalue weighted by Crippen LogP contribution is -2.32. The second-order valence-corrected chi connectivity index (χ2v) is 5.83. The molecule has 1 amide bonds. The van der Waals surface area contributed by atoms with Gasteiger partial charge < -0.3 is 15.4 Å². The summed E-state index contributed by atoms with van der Waals surface area (Å²) in [5.41, 5.74) is 0.479. The van der Waals surface area contributed by atoms with Gasteiger partial charge in [-0.05, 0) is 45.2 Å². The Hall–Kier alpha value is -1.78. The predicted octanol–water partition coefficient (Wildman–Crippen LogP) is 2.68. The van der Waals surface area contributed by atoms with Crippen molar-refractivity contribution in [2.45, 2.75) is 51.8 Å². The van der Waals surface area contributed by atoms with E-state index in [0.29, 0.717) is 12.6 Å². The van der Waals surface area contributed by atoms with E-state index in [0.717, 1.165) is 11.4 Å². The number of rotatable bonds is 4. The number of amides is 1. The van der Waals surface area contributed by atoms with Gasteiger partial charge in [0.15, 0.2) is 0 Å². The van der Waals surface area contributed by atoms with Crippen molar-refractivity contribution in [1.29, 1.82) is 0 Å². The summed E-state index contributed by atoms with van der Waals surface area (Å²) in [6.45, 7) is 5.94. The Bertz CT molecular complexity index is 433. The molecule has 0 atom stereocenters. The molecule has 1 aromatic rings. The first-order valence-electron chi connectivity index (χ1n) is 6.61. The lowest BCUT2D eigenvalue weighted by atomic mass is 10.2. The van der Waals surface area contributed by atoms with Gasteiger partial charge in [0.2, 0.25) is 0 Å². The molecule has 0 radical (unpaired) electrons. The van der Waals surface area contributed by atoms with Gasteiger partial charge in [0.05, 0.1) is 0 Å². The van der Waals surface area contributed by atoms with Gasteiger partial charge in [-0.1, -0.05) is 6.07 Å². The van der Waals surface area contributed by atoms with E-state index in [4.69, 9.17) is 4.74 Å². The van der Waals surface area contributed by atoms with Gasteiger partial charge in [0.25, 0.3) is 0 Å². The molecule has 0 saturated heterocycles. The molecule has 1 aromatic heterocycles. The van der Waals surface area contributed by atoms with Crippen LogP contribution in [0.3, 0.4) is 0 Å². The first-order valence-corrected chi connectivity index (χ1v) is 6.61. The average Bonchev–Trinajstić information content (AvgIpc) is 3.10. The Morgan fingerprint density at radius 1 is 1.42 bits per heavy atom. The van der Waals surface area contributed by atoms with E-state index in [1.807, 2.05) is 32.9 Å². The number of nitrogens with one attached hydrogen (secondary N) is 2. The summed E-state index contributed by atoms with van der Waals surface area (Å²) in [6.07, 6.45) is 3.81. The van der Waals surface area contributed by atoms with Crippen LogP contribution in [0.4, 0.5) is 10.6 Å². The molecule has 0 aliphatic heterocycles. The molecular weight excluding hydrogens is 242 g/mol. The van der Waals surface area contributed by atoms with E-state index in [2.05, 4.69) is 15.6 Å². The van der Waals surface area contributed by atoms with Crippen molar-refractivity contribution < 1.29 is 9.53 Å². The maximum absolute atomic E-state index is 11.5. The van der Waals surface area contributed by atoms with E-state index >= 15 is 0 Å². The second kappa shape index (κ2) is 5.47. The van der Waals surface area contributed by atoms with Crippen molar-refractivity contribution in [3.8, 4) is 0 Å². The number of ether oxygens (including phenoxy) is 1. The number of hydrogen-bond donors (Lipinski definition) is 2. The summed E-state index contributed by atoms with van der Waals surface area (Å²) in [5, 5.41) is 6.02. The third-order valence-corrected chi connectivity index (χ3v) is 2.59. The lowest BCUT2D eigenvalue weighted by molar-refractivity contribution is 0.0523. The standard InChI is InChI=1S/C14H21N3O2/c1-14(2,3)19-13(18)16-9-10-4-7-12(15-8-10)17-11-5-6-11/h4,7-8,11H,5-6,9H2,1-3H3,(H,15,17)(H,16,18). The van der Waals surface area contributed by atoms with Gasteiger partial charge in [-0.2, -0.15) is 0 Å². The molecule has 1 aliphatic carbocycles. The predicted molar refractivity (Wildman–Crippen MR) is 74.0 cm³/mol.